The van der Waals surface area contributed by atoms with Crippen molar-refractivity contribution in [1.82, 2.24) is 0 Å². The topological polar surface area (TPSA) is 35.5 Å². The summed E-state index contributed by atoms with van der Waals surface area (Å²) in [6.07, 6.45) is 0. The van der Waals surface area contributed by atoms with Crippen LogP contribution in [0, 0.1) is 0 Å². The summed E-state index contributed by atoms with van der Waals surface area (Å²) in [5.41, 5.74) is 0.454. The van der Waals surface area contributed by atoms with E-state index in [1.807, 2.05) is 24.3 Å². The van der Waals surface area contributed by atoms with Gasteiger partial charge in [0.1, 0.15) is 5.75 Å². The zero-order valence-electron chi connectivity index (χ0n) is 9.71. The zero-order chi connectivity index (χ0) is 12.8. The predicted octanol–water partition coefficient (Wildman–Crippen LogP) is 3.39. The highest BCUT2D eigenvalue weighted by molar-refractivity contribution is 5.89. The lowest BCUT2D eigenvalue weighted by molar-refractivity contribution is 0.0482. The molecule has 3 heteroatoms. The van der Waals surface area contributed by atoms with Crippen molar-refractivity contribution in [2.45, 2.75) is 0 Å². The summed E-state index contributed by atoms with van der Waals surface area (Å²) in [7, 11) is 0. The highest BCUT2D eigenvalue weighted by Crippen LogP contribution is 2.13. The molecule has 2 aromatic carbocycles. The molecular weight excluding hydrogens is 228 g/mol. The lowest BCUT2D eigenvalue weighted by atomic mass is 10.2. The minimum Gasteiger partial charge on any atom is -0.426 e. The second kappa shape index (κ2) is 5.68. The molecule has 0 N–H and O–H groups in total. The van der Waals surface area contributed by atoms with Gasteiger partial charge in [0.2, 0.25) is 0 Å². The Hall–Kier alpha value is -2.55. The van der Waals surface area contributed by atoms with Crippen LogP contribution in [0.3, 0.4) is 0 Å². The number of carbonyl (C=O) groups excluding carboxylic acids is 1. The average molecular weight is 240 g/mol. The number of para-hydroxylation sites is 1. The van der Waals surface area contributed by atoms with Crippen LogP contribution in [-0.2, 0) is 4.74 Å². The molecule has 0 aliphatic heterocycles. The fourth-order valence-corrected chi connectivity index (χ4v) is 1.38. The summed E-state index contributed by atoms with van der Waals surface area (Å²) in [4.78, 5) is 11.7. The van der Waals surface area contributed by atoms with E-state index in [-0.39, 0.29) is 5.95 Å². The van der Waals surface area contributed by atoms with Gasteiger partial charge in [-0.1, -0.05) is 36.4 Å². The quantitative estimate of drug-likeness (QED) is 0.607. The first-order valence-corrected chi connectivity index (χ1v) is 5.45. The third-order valence-electron chi connectivity index (χ3n) is 2.19. The van der Waals surface area contributed by atoms with Gasteiger partial charge in [0, 0.05) is 0 Å². The number of benzene rings is 2. The molecule has 2 aromatic rings. The van der Waals surface area contributed by atoms with Crippen LogP contribution in [0.4, 0.5) is 0 Å². The summed E-state index contributed by atoms with van der Waals surface area (Å²) in [6, 6.07) is 17.7. The molecule has 0 atom stereocenters. The molecule has 0 saturated heterocycles. The predicted molar refractivity (Wildman–Crippen MR) is 68.1 cm³/mol. The molecular formula is C15H12O3. The van der Waals surface area contributed by atoms with Crippen molar-refractivity contribution in [3.05, 3.63) is 78.8 Å². The van der Waals surface area contributed by atoms with E-state index in [0.717, 1.165) is 0 Å². The Kier molecular flexibility index (Phi) is 3.76. The van der Waals surface area contributed by atoms with E-state index in [9.17, 15) is 4.79 Å². The van der Waals surface area contributed by atoms with Crippen LogP contribution in [-0.4, -0.2) is 5.97 Å². The molecule has 18 heavy (non-hydrogen) atoms. The number of rotatable bonds is 4. The van der Waals surface area contributed by atoms with Gasteiger partial charge >= 0.3 is 5.97 Å². The van der Waals surface area contributed by atoms with E-state index in [4.69, 9.17) is 9.47 Å². The van der Waals surface area contributed by atoms with E-state index < -0.39 is 5.97 Å². The lowest BCUT2D eigenvalue weighted by Gasteiger charge is -2.08. The van der Waals surface area contributed by atoms with E-state index in [0.29, 0.717) is 11.3 Å². The standard InChI is InChI=1S/C15H12O3/c1-12(17-14-10-6-3-7-11-14)18-15(16)13-8-4-2-5-9-13/h2-11H,1H2. The molecule has 0 amide bonds. The molecule has 0 unspecified atom stereocenters. The Morgan fingerprint density at radius 2 is 1.44 bits per heavy atom. The maximum Gasteiger partial charge on any atom is 0.345 e. The van der Waals surface area contributed by atoms with Gasteiger partial charge in [-0.25, -0.2) is 4.79 Å². The summed E-state index contributed by atoms with van der Waals surface area (Å²) in [5, 5.41) is 0. The third-order valence-corrected chi connectivity index (χ3v) is 2.19. The monoisotopic (exact) mass is 240 g/mol. The molecule has 0 fully saturated rings. The molecule has 0 spiro atoms. The van der Waals surface area contributed by atoms with Gasteiger partial charge in [-0.15, -0.1) is 0 Å². The van der Waals surface area contributed by atoms with Gasteiger partial charge in [0.25, 0.3) is 5.95 Å². The van der Waals surface area contributed by atoms with Crippen LogP contribution in [0.2, 0.25) is 0 Å². The Bertz CT molecular complexity index is 532. The Morgan fingerprint density at radius 1 is 0.889 bits per heavy atom. The van der Waals surface area contributed by atoms with Gasteiger partial charge in [0.05, 0.1) is 5.56 Å². The van der Waals surface area contributed by atoms with Crippen LogP contribution in [0.15, 0.2) is 73.2 Å². The Morgan fingerprint density at radius 3 is 2.06 bits per heavy atom. The van der Waals surface area contributed by atoms with Crippen LogP contribution >= 0.6 is 0 Å². The van der Waals surface area contributed by atoms with Gasteiger partial charge in [-0.2, -0.15) is 0 Å². The van der Waals surface area contributed by atoms with Crippen molar-refractivity contribution >= 4 is 5.97 Å². The maximum atomic E-state index is 11.7. The normalized spacial score (nSPS) is 9.56. The largest absolute Gasteiger partial charge is 0.426 e. The fourth-order valence-electron chi connectivity index (χ4n) is 1.38. The molecule has 0 aliphatic rings. The summed E-state index contributed by atoms with van der Waals surface area (Å²) >= 11 is 0. The van der Waals surface area contributed by atoms with E-state index in [2.05, 4.69) is 6.58 Å². The smallest absolute Gasteiger partial charge is 0.345 e. The molecule has 0 bridgehead atoms. The van der Waals surface area contributed by atoms with Crippen LogP contribution < -0.4 is 4.74 Å². The van der Waals surface area contributed by atoms with Crippen molar-refractivity contribution in [3.8, 4) is 5.75 Å². The Labute approximate surface area is 105 Å². The van der Waals surface area contributed by atoms with Crippen molar-refractivity contribution in [3.63, 3.8) is 0 Å². The first kappa shape index (κ1) is 11.9. The molecule has 0 saturated carbocycles. The third kappa shape index (κ3) is 3.22. The molecule has 0 aliphatic carbocycles. The van der Waals surface area contributed by atoms with Gasteiger partial charge in [-0.05, 0) is 30.8 Å². The number of hydrogen-bond acceptors (Lipinski definition) is 3. The maximum absolute atomic E-state index is 11.7. The second-order valence-electron chi connectivity index (χ2n) is 3.54. The first-order valence-electron chi connectivity index (χ1n) is 5.45. The SMILES string of the molecule is C=C(OC(=O)c1ccccc1)Oc1ccccc1. The van der Waals surface area contributed by atoms with Gasteiger partial charge in [-0.3, -0.25) is 0 Å². The average Bonchev–Trinajstić information content (AvgIpc) is 2.40. The molecule has 0 radical (unpaired) electrons. The van der Waals surface area contributed by atoms with Crippen molar-refractivity contribution in [2.24, 2.45) is 0 Å². The molecule has 3 nitrogen and oxygen atoms in total. The van der Waals surface area contributed by atoms with Crippen molar-refractivity contribution in [2.75, 3.05) is 0 Å². The van der Waals surface area contributed by atoms with Crippen molar-refractivity contribution < 1.29 is 14.3 Å². The van der Waals surface area contributed by atoms with Crippen LogP contribution in [0.25, 0.3) is 0 Å². The number of esters is 1. The highest BCUT2D eigenvalue weighted by Gasteiger charge is 2.09. The summed E-state index contributed by atoms with van der Waals surface area (Å²) in [6.45, 7) is 3.55. The van der Waals surface area contributed by atoms with Crippen LogP contribution in [0.1, 0.15) is 10.4 Å². The Balaban J connectivity index is 1.94. The minimum absolute atomic E-state index is 0.0462. The van der Waals surface area contributed by atoms with Crippen LogP contribution in [0.5, 0.6) is 5.75 Å². The van der Waals surface area contributed by atoms with E-state index in [1.165, 1.54) is 0 Å². The zero-order valence-corrected chi connectivity index (χ0v) is 9.71. The summed E-state index contributed by atoms with van der Waals surface area (Å²) < 4.78 is 10.3. The molecule has 0 aromatic heterocycles. The minimum atomic E-state index is -0.489. The van der Waals surface area contributed by atoms with Gasteiger partial charge in [0.15, 0.2) is 0 Å². The molecule has 2 rings (SSSR count). The van der Waals surface area contributed by atoms with Gasteiger partial charge < -0.3 is 9.47 Å². The highest BCUT2D eigenvalue weighted by atomic mass is 16.7. The van der Waals surface area contributed by atoms with E-state index >= 15 is 0 Å². The molecule has 90 valence electrons. The summed E-state index contributed by atoms with van der Waals surface area (Å²) in [5.74, 6) is 0.0370. The molecule has 0 heterocycles. The first-order chi connectivity index (χ1) is 8.75. The number of ether oxygens (including phenoxy) is 2. The van der Waals surface area contributed by atoms with E-state index in [1.54, 1.807) is 36.4 Å². The second-order valence-corrected chi connectivity index (χ2v) is 3.54. The number of carbonyl (C=O) groups is 1. The fraction of sp³-hybridized carbons (Fsp3) is 0. The lowest BCUT2D eigenvalue weighted by Crippen LogP contribution is -2.08. The number of hydrogen-bond donors (Lipinski definition) is 0. The van der Waals surface area contributed by atoms with Crippen molar-refractivity contribution in [1.29, 1.82) is 0 Å².